The number of amides is 2. The second-order valence-electron chi connectivity index (χ2n) is 6.16. The zero-order valence-corrected chi connectivity index (χ0v) is 15.8. The van der Waals surface area contributed by atoms with Crippen LogP contribution in [0.2, 0.25) is 0 Å². The molecule has 6 nitrogen and oxygen atoms in total. The molecule has 2 rings (SSSR count). The molecule has 2 aromatic rings. The Balaban J connectivity index is 1.82. The van der Waals surface area contributed by atoms with Crippen LogP contribution in [0.1, 0.15) is 22.3 Å². The van der Waals surface area contributed by atoms with Crippen molar-refractivity contribution in [2.75, 3.05) is 37.4 Å². The van der Waals surface area contributed by atoms with Crippen LogP contribution < -0.4 is 16.0 Å². The second-order valence-corrected chi connectivity index (χ2v) is 6.16. The number of carbonyl (C=O) groups is 2. The average molecular weight is 409 g/mol. The lowest BCUT2D eigenvalue weighted by atomic mass is 10.2. The molecule has 0 aliphatic rings. The Morgan fingerprint density at radius 1 is 1.03 bits per heavy atom. The van der Waals surface area contributed by atoms with Gasteiger partial charge in [-0.2, -0.15) is 13.2 Å². The van der Waals surface area contributed by atoms with Gasteiger partial charge in [-0.1, -0.05) is 6.07 Å². The molecule has 0 spiro atoms. The highest BCUT2D eigenvalue weighted by Crippen LogP contribution is 2.30. The molecule has 0 unspecified atom stereocenters. The lowest BCUT2D eigenvalue weighted by molar-refractivity contribution is -0.137. The summed E-state index contributed by atoms with van der Waals surface area (Å²) >= 11 is 0. The first kappa shape index (κ1) is 22.2. The highest BCUT2D eigenvalue weighted by Gasteiger charge is 2.30. The van der Waals surface area contributed by atoms with Crippen LogP contribution in [-0.4, -0.2) is 38.6 Å². The van der Waals surface area contributed by atoms with Gasteiger partial charge in [0.25, 0.3) is 5.91 Å². The van der Waals surface area contributed by atoms with Gasteiger partial charge >= 0.3 is 6.18 Å². The summed E-state index contributed by atoms with van der Waals surface area (Å²) in [7, 11) is 1.59. The Morgan fingerprint density at radius 3 is 2.41 bits per heavy atom. The smallest absolute Gasteiger partial charge is 0.385 e. The van der Waals surface area contributed by atoms with Crippen LogP contribution in [0.25, 0.3) is 0 Å². The highest BCUT2D eigenvalue weighted by molar-refractivity contribution is 5.95. The number of ether oxygens (including phenoxy) is 1. The van der Waals surface area contributed by atoms with Crippen LogP contribution in [0.3, 0.4) is 0 Å². The fraction of sp³-hybridized carbons (Fsp3) is 0.300. The number of anilines is 2. The van der Waals surface area contributed by atoms with E-state index in [1.54, 1.807) is 31.4 Å². The molecule has 29 heavy (non-hydrogen) atoms. The average Bonchev–Trinajstić information content (AvgIpc) is 2.69. The largest absolute Gasteiger partial charge is 0.416 e. The number of halogens is 3. The van der Waals surface area contributed by atoms with Gasteiger partial charge in [0.1, 0.15) is 0 Å². The van der Waals surface area contributed by atoms with E-state index in [2.05, 4.69) is 16.0 Å². The molecule has 0 aromatic heterocycles. The van der Waals surface area contributed by atoms with Gasteiger partial charge in [-0.3, -0.25) is 9.59 Å². The minimum Gasteiger partial charge on any atom is -0.385 e. The molecule has 0 aliphatic heterocycles. The lowest BCUT2D eigenvalue weighted by Gasteiger charge is -2.11. The maximum absolute atomic E-state index is 12.7. The third kappa shape index (κ3) is 7.46. The van der Waals surface area contributed by atoms with Crippen molar-refractivity contribution >= 4 is 23.2 Å². The number of hydrogen-bond acceptors (Lipinski definition) is 4. The van der Waals surface area contributed by atoms with E-state index in [0.29, 0.717) is 30.8 Å². The van der Waals surface area contributed by atoms with E-state index in [1.807, 2.05) is 0 Å². The van der Waals surface area contributed by atoms with Crippen molar-refractivity contribution < 1.29 is 27.5 Å². The van der Waals surface area contributed by atoms with Crippen LogP contribution in [0.5, 0.6) is 0 Å². The number of rotatable bonds is 9. The molecule has 0 radical (unpaired) electrons. The van der Waals surface area contributed by atoms with Crippen molar-refractivity contribution in [3.8, 4) is 0 Å². The van der Waals surface area contributed by atoms with E-state index >= 15 is 0 Å². The molecule has 0 heterocycles. The van der Waals surface area contributed by atoms with E-state index in [-0.39, 0.29) is 18.1 Å². The molecule has 3 N–H and O–H groups in total. The summed E-state index contributed by atoms with van der Waals surface area (Å²) in [6.45, 7) is 0.924. The highest BCUT2D eigenvalue weighted by atomic mass is 19.4. The summed E-state index contributed by atoms with van der Waals surface area (Å²) in [5, 5.41) is 8.03. The van der Waals surface area contributed by atoms with Crippen molar-refractivity contribution in [2.45, 2.75) is 12.6 Å². The SMILES string of the molecule is COCCCNC(=O)c1ccc(NCC(=O)Nc2cccc(C(F)(F)F)c2)cc1. The third-order valence-electron chi connectivity index (χ3n) is 3.88. The van der Waals surface area contributed by atoms with Crippen LogP contribution in [0.15, 0.2) is 48.5 Å². The maximum atomic E-state index is 12.7. The van der Waals surface area contributed by atoms with Crippen LogP contribution >= 0.6 is 0 Å². The topological polar surface area (TPSA) is 79.5 Å². The standard InChI is InChI=1S/C20H22F3N3O3/c1-29-11-3-10-24-19(28)14-6-8-16(9-7-14)25-13-18(27)26-17-5-2-4-15(12-17)20(21,22)23/h2,4-9,12,25H,3,10-11,13H2,1H3,(H,24,28)(H,26,27). The summed E-state index contributed by atoms with van der Waals surface area (Å²) in [5.74, 6) is -0.709. The molecular formula is C20H22F3N3O3. The Morgan fingerprint density at radius 2 is 1.76 bits per heavy atom. The number of carbonyl (C=O) groups excluding carboxylic acids is 2. The molecule has 2 aromatic carbocycles. The molecule has 0 atom stereocenters. The summed E-state index contributed by atoms with van der Waals surface area (Å²) in [6.07, 6.45) is -3.76. The predicted octanol–water partition coefficient (Wildman–Crippen LogP) is 3.52. The van der Waals surface area contributed by atoms with Gasteiger partial charge < -0.3 is 20.7 Å². The quantitative estimate of drug-likeness (QED) is 0.554. The van der Waals surface area contributed by atoms with E-state index < -0.39 is 17.6 Å². The van der Waals surface area contributed by atoms with E-state index in [4.69, 9.17) is 4.74 Å². The third-order valence-corrected chi connectivity index (χ3v) is 3.88. The Kier molecular flexibility index (Phi) is 8.02. The molecule has 9 heteroatoms. The zero-order valence-electron chi connectivity index (χ0n) is 15.8. The molecule has 0 saturated heterocycles. The van der Waals surface area contributed by atoms with E-state index in [0.717, 1.165) is 12.1 Å². The number of alkyl halides is 3. The summed E-state index contributed by atoms with van der Waals surface area (Å²) < 4.78 is 43.0. The first-order valence-corrected chi connectivity index (χ1v) is 8.88. The number of benzene rings is 2. The Labute approximate surface area is 166 Å². The fourth-order valence-electron chi connectivity index (χ4n) is 2.42. The molecule has 0 bridgehead atoms. The molecule has 2 amide bonds. The fourth-order valence-corrected chi connectivity index (χ4v) is 2.42. The Hall–Kier alpha value is -3.07. The van der Waals surface area contributed by atoms with Gasteiger partial charge in [-0.05, 0) is 48.9 Å². The van der Waals surface area contributed by atoms with Crippen molar-refractivity contribution in [3.05, 3.63) is 59.7 Å². The molecule has 156 valence electrons. The van der Waals surface area contributed by atoms with Gasteiger partial charge in [-0.15, -0.1) is 0 Å². The summed E-state index contributed by atoms with van der Waals surface area (Å²) in [4.78, 5) is 23.9. The molecule has 0 aliphatic carbocycles. The normalized spacial score (nSPS) is 11.0. The van der Waals surface area contributed by atoms with Gasteiger partial charge in [0.05, 0.1) is 12.1 Å². The molecule has 0 fully saturated rings. The number of nitrogens with one attached hydrogen (secondary N) is 3. The predicted molar refractivity (Wildman–Crippen MR) is 104 cm³/mol. The van der Waals surface area contributed by atoms with Crippen molar-refractivity contribution in [2.24, 2.45) is 0 Å². The van der Waals surface area contributed by atoms with Crippen molar-refractivity contribution in [3.63, 3.8) is 0 Å². The maximum Gasteiger partial charge on any atom is 0.416 e. The van der Waals surface area contributed by atoms with Gasteiger partial charge in [0, 0.05) is 37.2 Å². The minimum atomic E-state index is -4.48. The van der Waals surface area contributed by atoms with Crippen molar-refractivity contribution in [1.29, 1.82) is 0 Å². The lowest BCUT2D eigenvalue weighted by Crippen LogP contribution is -2.25. The van der Waals surface area contributed by atoms with E-state index in [9.17, 15) is 22.8 Å². The van der Waals surface area contributed by atoms with E-state index in [1.165, 1.54) is 12.1 Å². The zero-order chi connectivity index (χ0) is 21.3. The van der Waals surface area contributed by atoms with Crippen LogP contribution in [0.4, 0.5) is 24.5 Å². The summed E-state index contributed by atoms with van der Waals surface area (Å²) in [5.41, 5.74) is 0.299. The summed E-state index contributed by atoms with van der Waals surface area (Å²) in [6, 6.07) is 10.9. The minimum absolute atomic E-state index is 0.0621. The monoisotopic (exact) mass is 409 g/mol. The first-order chi connectivity index (χ1) is 13.8. The second kappa shape index (κ2) is 10.5. The molecular weight excluding hydrogens is 387 g/mol. The van der Waals surface area contributed by atoms with Gasteiger partial charge in [0.15, 0.2) is 0 Å². The Bertz CT molecular complexity index is 824. The molecule has 0 saturated carbocycles. The van der Waals surface area contributed by atoms with Gasteiger partial charge in [-0.25, -0.2) is 0 Å². The van der Waals surface area contributed by atoms with Gasteiger partial charge in [0.2, 0.25) is 5.91 Å². The van der Waals surface area contributed by atoms with Crippen LogP contribution in [0, 0.1) is 0 Å². The van der Waals surface area contributed by atoms with Crippen LogP contribution in [-0.2, 0) is 15.7 Å². The first-order valence-electron chi connectivity index (χ1n) is 8.88. The number of methoxy groups -OCH3 is 1. The number of hydrogen-bond donors (Lipinski definition) is 3. The van der Waals surface area contributed by atoms with Crippen molar-refractivity contribution in [1.82, 2.24) is 5.32 Å².